The van der Waals surface area contributed by atoms with E-state index in [-0.39, 0.29) is 17.9 Å². The van der Waals surface area contributed by atoms with E-state index in [4.69, 9.17) is 0 Å². The minimum absolute atomic E-state index is 0.00775. The van der Waals surface area contributed by atoms with Crippen molar-refractivity contribution in [3.05, 3.63) is 71.3 Å². The van der Waals surface area contributed by atoms with Crippen molar-refractivity contribution in [2.24, 2.45) is 0 Å². The van der Waals surface area contributed by atoms with Gasteiger partial charge >= 0.3 is 0 Å². The number of hydrogen-bond acceptors (Lipinski definition) is 2. The average molecular weight is 325 g/mol. The molecule has 0 unspecified atom stereocenters. The highest BCUT2D eigenvalue weighted by Gasteiger charge is 2.12. The summed E-state index contributed by atoms with van der Waals surface area (Å²) in [6.07, 6.45) is 1.11. The van der Waals surface area contributed by atoms with Crippen LogP contribution < -0.4 is 4.72 Å². The number of rotatable bonds is 7. The summed E-state index contributed by atoms with van der Waals surface area (Å²) in [6, 6.07) is 12.5. The van der Waals surface area contributed by atoms with E-state index >= 15 is 0 Å². The van der Waals surface area contributed by atoms with Crippen LogP contribution in [0.5, 0.6) is 0 Å². The van der Waals surface area contributed by atoms with Crippen LogP contribution in [0.3, 0.4) is 0 Å². The van der Waals surface area contributed by atoms with Gasteiger partial charge in [-0.3, -0.25) is 0 Å². The monoisotopic (exact) mass is 325 g/mol. The molecule has 0 atom stereocenters. The number of benzene rings is 2. The van der Waals surface area contributed by atoms with E-state index in [1.165, 1.54) is 0 Å². The molecule has 0 aliphatic carbocycles. The number of halogens is 2. The number of hydrogen-bond donors (Lipinski definition) is 1. The third-order valence-corrected chi connectivity index (χ3v) is 4.62. The predicted octanol–water partition coefficient (Wildman–Crippen LogP) is 3.02. The van der Waals surface area contributed by atoms with Gasteiger partial charge in [-0.1, -0.05) is 30.3 Å². The van der Waals surface area contributed by atoms with Crippen molar-refractivity contribution in [1.82, 2.24) is 4.72 Å². The molecule has 2 aromatic rings. The number of nitrogens with one attached hydrogen (secondary N) is 1. The molecule has 22 heavy (non-hydrogen) atoms. The topological polar surface area (TPSA) is 46.2 Å². The first-order valence-corrected chi connectivity index (χ1v) is 8.57. The first kappa shape index (κ1) is 16.6. The molecule has 0 heterocycles. The van der Waals surface area contributed by atoms with Crippen molar-refractivity contribution < 1.29 is 17.2 Å². The SMILES string of the molecule is O=S(=O)(CCCc1ccccc1)NCc1cc(F)ccc1F. The molecule has 0 spiro atoms. The molecule has 6 heteroatoms. The minimum Gasteiger partial charge on any atom is -0.212 e. The van der Waals surface area contributed by atoms with E-state index in [1.54, 1.807) is 0 Å². The van der Waals surface area contributed by atoms with Gasteiger partial charge in [-0.25, -0.2) is 21.9 Å². The Morgan fingerprint density at radius 2 is 1.73 bits per heavy atom. The van der Waals surface area contributed by atoms with E-state index in [2.05, 4.69) is 4.72 Å². The summed E-state index contributed by atoms with van der Waals surface area (Å²) in [4.78, 5) is 0. The van der Waals surface area contributed by atoms with Gasteiger partial charge in [0.1, 0.15) is 11.6 Å². The first-order chi connectivity index (χ1) is 10.5. The van der Waals surface area contributed by atoms with E-state index in [0.717, 1.165) is 23.8 Å². The quantitative estimate of drug-likeness (QED) is 0.850. The molecule has 0 radical (unpaired) electrons. The molecule has 0 amide bonds. The number of sulfonamides is 1. The highest BCUT2D eigenvalue weighted by Crippen LogP contribution is 2.10. The summed E-state index contributed by atoms with van der Waals surface area (Å²) in [5.41, 5.74) is 1.06. The highest BCUT2D eigenvalue weighted by molar-refractivity contribution is 7.89. The van der Waals surface area contributed by atoms with Crippen LogP contribution in [0.2, 0.25) is 0 Å². The Balaban J connectivity index is 1.85. The summed E-state index contributed by atoms with van der Waals surface area (Å²) in [6.45, 7) is -0.253. The van der Waals surface area contributed by atoms with Crippen LogP contribution in [0.25, 0.3) is 0 Å². The second kappa shape index (κ2) is 7.47. The Morgan fingerprint density at radius 1 is 1.00 bits per heavy atom. The fourth-order valence-electron chi connectivity index (χ4n) is 2.05. The largest absolute Gasteiger partial charge is 0.212 e. The molecule has 1 N–H and O–H groups in total. The molecule has 0 aliphatic heterocycles. The number of aryl methyl sites for hydroxylation is 1. The average Bonchev–Trinajstić information content (AvgIpc) is 2.49. The smallest absolute Gasteiger partial charge is 0.211 e. The second-order valence-corrected chi connectivity index (χ2v) is 6.89. The van der Waals surface area contributed by atoms with Crippen LogP contribution in [0.4, 0.5) is 8.78 Å². The zero-order chi connectivity index (χ0) is 16.0. The summed E-state index contributed by atoms with van der Waals surface area (Å²) in [5.74, 6) is -1.29. The maximum Gasteiger partial charge on any atom is 0.211 e. The molecule has 0 aliphatic rings. The van der Waals surface area contributed by atoms with E-state index in [0.29, 0.717) is 12.8 Å². The molecule has 2 aromatic carbocycles. The van der Waals surface area contributed by atoms with Crippen molar-refractivity contribution in [1.29, 1.82) is 0 Å². The maximum absolute atomic E-state index is 13.4. The summed E-state index contributed by atoms with van der Waals surface area (Å²) in [7, 11) is -3.52. The first-order valence-electron chi connectivity index (χ1n) is 6.91. The van der Waals surface area contributed by atoms with Crippen LogP contribution in [0.1, 0.15) is 17.5 Å². The summed E-state index contributed by atoms with van der Waals surface area (Å²) >= 11 is 0. The van der Waals surface area contributed by atoms with Crippen LogP contribution in [-0.4, -0.2) is 14.2 Å². The lowest BCUT2D eigenvalue weighted by Gasteiger charge is -2.08. The molecule has 0 fully saturated rings. The summed E-state index contributed by atoms with van der Waals surface area (Å²) < 4.78 is 52.5. The predicted molar refractivity (Wildman–Crippen MR) is 81.7 cm³/mol. The molecular weight excluding hydrogens is 308 g/mol. The minimum atomic E-state index is -3.52. The lowest BCUT2D eigenvalue weighted by Crippen LogP contribution is -2.26. The Labute approximate surface area is 129 Å². The standard InChI is InChI=1S/C16H17F2NO2S/c17-15-8-9-16(18)14(11-15)12-19-22(20,21)10-4-7-13-5-2-1-3-6-13/h1-3,5-6,8-9,11,19H,4,7,10,12H2. The van der Waals surface area contributed by atoms with Crippen molar-refractivity contribution in [2.45, 2.75) is 19.4 Å². The lowest BCUT2D eigenvalue weighted by molar-refractivity contribution is 0.565. The van der Waals surface area contributed by atoms with Gasteiger partial charge in [-0.2, -0.15) is 0 Å². The van der Waals surface area contributed by atoms with Crippen LogP contribution in [0.15, 0.2) is 48.5 Å². The zero-order valence-corrected chi connectivity index (χ0v) is 12.7. The van der Waals surface area contributed by atoms with Crippen molar-refractivity contribution in [2.75, 3.05) is 5.75 Å². The summed E-state index contributed by atoms with van der Waals surface area (Å²) in [5, 5.41) is 0. The fourth-order valence-corrected chi connectivity index (χ4v) is 3.09. The van der Waals surface area contributed by atoms with Gasteiger partial charge in [0.05, 0.1) is 5.75 Å². The third-order valence-electron chi connectivity index (χ3n) is 3.21. The maximum atomic E-state index is 13.4. The molecule has 3 nitrogen and oxygen atoms in total. The van der Waals surface area contributed by atoms with Gasteiger partial charge in [0.2, 0.25) is 10.0 Å². The fraction of sp³-hybridized carbons (Fsp3) is 0.250. The van der Waals surface area contributed by atoms with E-state index in [9.17, 15) is 17.2 Å². The van der Waals surface area contributed by atoms with Gasteiger partial charge in [0, 0.05) is 12.1 Å². The Morgan fingerprint density at radius 3 is 2.45 bits per heavy atom. The van der Waals surface area contributed by atoms with Crippen LogP contribution in [-0.2, 0) is 23.0 Å². The Bertz CT molecular complexity index is 718. The van der Waals surface area contributed by atoms with Crippen LogP contribution in [0, 0.1) is 11.6 Å². The van der Waals surface area contributed by atoms with Crippen molar-refractivity contribution in [3.8, 4) is 0 Å². The molecule has 118 valence electrons. The van der Waals surface area contributed by atoms with Crippen molar-refractivity contribution >= 4 is 10.0 Å². The second-order valence-electron chi connectivity index (χ2n) is 4.96. The van der Waals surface area contributed by atoms with E-state index in [1.807, 2.05) is 30.3 Å². The molecule has 0 bridgehead atoms. The molecule has 0 saturated carbocycles. The molecular formula is C16H17F2NO2S. The van der Waals surface area contributed by atoms with Crippen LogP contribution >= 0.6 is 0 Å². The Hall–Kier alpha value is -1.79. The lowest BCUT2D eigenvalue weighted by atomic mass is 10.1. The molecule has 0 aromatic heterocycles. The third kappa shape index (κ3) is 5.20. The van der Waals surface area contributed by atoms with Gasteiger partial charge in [-0.05, 0) is 36.6 Å². The van der Waals surface area contributed by atoms with Gasteiger partial charge in [-0.15, -0.1) is 0 Å². The molecule has 0 saturated heterocycles. The zero-order valence-electron chi connectivity index (χ0n) is 11.9. The van der Waals surface area contributed by atoms with Gasteiger partial charge in [0.15, 0.2) is 0 Å². The molecule has 2 rings (SSSR count). The highest BCUT2D eigenvalue weighted by atomic mass is 32.2. The van der Waals surface area contributed by atoms with Gasteiger partial charge in [0.25, 0.3) is 0 Å². The van der Waals surface area contributed by atoms with Crippen molar-refractivity contribution in [3.63, 3.8) is 0 Å². The normalized spacial score (nSPS) is 11.5. The van der Waals surface area contributed by atoms with Gasteiger partial charge < -0.3 is 0 Å². The van der Waals surface area contributed by atoms with E-state index < -0.39 is 21.7 Å². The Kier molecular flexibility index (Phi) is 5.63.